The Morgan fingerprint density at radius 2 is 1.77 bits per heavy atom. The summed E-state index contributed by atoms with van der Waals surface area (Å²) >= 11 is 0. The number of nitrogens with one attached hydrogen (secondary N) is 4. The van der Waals surface area contributed by atoms with Crippen molar-refractivity contribution in [3.63, 3.8) is 0 Å². The van der Waals surface area contributed by atoms with Gasteiger partial charge in [-0.2, -0.15) is 0 Å². The quantitative estimate of drug-likeness (QED) is 0.196. The molecule has 4 amide bonds. The molecule has 278 valence electrons. The molecule has 3 aliphatic heterocycles. The molecule has 3 aliphatic rings. The molecule has 0 spiro atoms. The Kier molecular flexibility index (Phi) is 12.6. The van der Waals surface area contributed by atoms with Crippen molar-refractivity contribution in [2.24, 2.45) is 5.92 Å². The molecule has 16 nitrogen and oxygen atoms in total. The zero-order valence-corrected chi connectivity index (χ0v) is 29.7. The van der Waals surface area contributed by atoms with Gasteiger partial charge in [0.1, 0.15) is 42.2 Å². The third-order valence-corrected chi connectivity index (χ3v) is 9.25. The number of aliphatic carboxylic acids is 1. The van der Waals surface area contributed by atoms with Crippen LogP contribution < -0.4 is 26.0 Å². The summed E-state index contributed by atoms with van der Waals surface area (Å²) in [5.41, 5.74) is 1.97. The number of ether oxygens (including phenoxy) is 2. The van der Waals surface area contributed by atoms with E-state index in [1.54, 1.807) is 63.0 Å². The first-order valence-corrected chi connectivity index (χ1v) is 17.3. The Balaban J connectivity index is 1.48. The molecule has 6 rings (SSSR count). The van der Waals surface area contributed by atoms with Crippen LogP contribution in [-0.2, 0) is 48.3 Å². The largest absolute Gasteiger partial charge is 0.487 e. The summed E-state index contributed by atoms with van der Waals surface area (Å²) in [4.78, 5) is 68.9. The van der Waals surface area contributed by atoms with Gasteiger partial charge in [-0.3, -0.25) is 19.2 Å². The number of hydrogen-bond donors (Lipinski definition) is 5. The van der Waals surface area contributed by atoms with Crippen LogP contribution in [0.3, 0.4) is 0 Å². The maximum atomic E-state index is 14.3. The van der Waals surface area contributed by atoms with Gasteiger partial charge in [0.25, 0.3) is 0 Å². The van der Waals surface area contributed by atoms with Gasteiger partial charge in [0, 0.05) is 19.4 Å². The number of nitrogens with zero attached hydrogens (tertiary/aromatic N) is 4. The number of likely N-dealkylation sites (tertiary alicyclic amines) is 1. The molecule has 16 heteroatoms. The van der Waals surface area contributed by atoms with E-state index in [4.69, 9.17) is 9.47 Å². The van der Waals surface area contributed by atoms with E-state index < -0.39 is 59.9 Å². The van der Waals surface area contributed by atoms with Gasteiger partial charge in [0.05, 0.1) is 31.5 Å². The smallest absolute Gasteiger partial charge is 0.326 e. The number of carboxylic acid groups (broad SMARTS) is 1. The van der Waals surface area contributed by atoms with E-state index in [2.05, 4.69) is 31.6 Å². The van der Waals surface area contributed by atoms with E-state index in [0.717, 1.165) is 5.56 Å². The van der Waals surface area contributed by atoms with Crippen molar-refractivity contribution < 1.29 is 38.6 Å². The van der Waals surface area contributed by atoms with E-state index in [1.807, 2.05) is 30.3 Å². The van der Waals surface area contributed by atoms with Crippen LogP contribution in [-0.4, -0.2) is 105 Å². The number of fused-ring (bicyclic) bond motifs is 9. The van der Waals surface area contributed by atoms with Crippen LogP contribution in [0.15, 0.2) is 60.8 Å². The van der Waals surface area contributed by atoms with Crippen molar-refractivity contribution in [2.45, 2.75) is 83.1 Å². The first kappa shape index (κ1) is 37.9. The summed E-state index contributed by atoms with van der Waals surface area (Å²) in [6.07, 6.45) is 1.77. The molecule has 1 fully saturated rings. The highest BCUT2D eigenvalue weighted by Gasteiger charge is 2.45. The van der Waals surface area contributed by atoms with Crippen LogP contribution in [0, 0.1) is 5.92 Å². The maximum Gasteiger partial charge on any atom is 0.326 e. The van der Waals surface area contributed by atoms with E-state index in [9.17, 15) is 29.1 Å². The second-order valence-electron chi connectivity index (χ2n) is 13.4. The molecular weight excluding hydrogens is 672 g/mol. The van der Waals surface area contributed by atoms with Crippen LogP contribution in [0.4, 0.5) is 0 Å². The number of aromatic nitrogens is 3. The number of carbonyl (C=O) groups excluding carboxylic acids is 4. The number of carboxylic acids is 1. The van der Waals surface area contributed by atoms with Crippen molar-refractivity contribution in [2.75, 3.05) is 20.2 Å². The third-order valence-electron chi connectivity index (χ3n) is 9.25. The molecule has 3 aromatic rings. The minimum atomic E-state index is -1.33. The predicted octanol–water partition coefficient (Wildman–Crippen LogP) is 0.575. The van der Waals surface area contributed by atoms with Gasteiger partial charge in [-0.1, -0.05) is 61.5 Å². The highest BCUT2D eigenvalue weighted by Crippen LogP contribution is 2.29. The second-order valence-corrected chi connectivity index (χ2v) is 13.4. The lowest BCUT2D eigenvalue weighted by molar-refractivity contribution is -0.144. The minimum Gasteiger partial charge on any atom is -0.487 e. The fourth-order valence-corrected chi connectivity index (χ4v) is 6.06. The van der Waals surface area contributed by atoms with Crippen molar-refractivity contribution in [3.8, 4) is 5.75 Å². The minimum absolute atomic E-state index is 0.0394. The van der Waals surface area contributed by atoms with Crippen LogP contribution in [0.1, 0.15) is 50.1 Å². The van der Waals surface area contributed by atoms with Gasteiger partial charge >= 0.3 is 5.97 Å². The molecule has 4 heterocycles. The van der Waals surface area contributed by atoms with Crippen molar-refractivity contribution in [1.29, 1.82) is 0 Å². The Bertz CT molecular complexity index is 1720. The van der Waals surface area contributed by atoms with E-state index in [0.29, 0.717) is 17.0 Å². The fourth-order valence-electron chi connectivity index (χ4n) is 6.06. The number of hydrogen-bond acceptors (Lipinski definition) is 10. The van der Waals surface area contributed by atoms with E-state index >= 15 is 0 Å². The molecule has 0 aliphatic carbocycles. The topological polar surface area (TPSA) is 206 Å². The lowest BCUT2D eigenvalue weighted by Gasteiger charge is -2.31. The van der Waals surface area contributed by atoms with Crippen molar-refractivity contribution >= 4 is 29.6 Å². The Hall–Kier alpha value is -5.35. The number of carbonyl (C=O) groups is 5. The lowest BCUT2D eigenvalue weighted by atomic mass is 10.0. The average molecular weight is 719 g/mol. The standard InChI is InChI=1S/C36H46N8O8/c1-21(2)31(40-32(45)22(3)37-4)35(48)43-17-26-15-30(43)34(47)39-29(20-51-18-24-8-6-5-7-9-24)33(46)38-28(36(49)50)14-23-10-12-27(13-11-23)52-19-25-16-44(26)42-41-25/h5-13,16,21-22,26,28-31,37H,14-15,17-20H2,1-4H3,(H,38,46)(H,39,47)(H,40,45)(H,49,50)/t22-,26-,28-,29-,30-,31-/m0/s1. The molecule has 1 saturated heterocycles. The SMILES string of the molecule is CN[C@@H](C)C(=O)N[C@H](C(=O)N1C[C@@H]2C[C@H]1C(=O)N[C@@H](COCc1ccccc1)C(=O)N[C@H](C(=O)O)Cc1ccc(cc1)OCc1cn2nn1)C(C)C. The van der Waals surface area contributed by atoms with Crippen LogP contribution in [0.5, 0.6) is 5.75 Å². The van der Waals surface area contributed by atoms with Gasteiger partial charge < -0.3 is 40.7 Å². The molecule has 1 aromatic heterocycles. The van der Waals surface area contributed by atoms with Gasteiger partial charge in [-0.15, -0.1) is 5.10 Å². The molecule has 6 atom stereocenters. The van der Waals surface area contributed by atoms with Gasteiger partial charge in [0.15, 0.2) is 0 Å². The van der Waals surface area contributed by atoms with Gasteiger partial charge in [-0.25, -0.2) is 9.48 Å². The first-order valence-electron chi connectivity index (χ1n) is 17.3. The summed E-state index contributed by atoms with van der Waals surface area (Å²) < 4.78 is 13.3. The summed E-state index contributed by atoms with van der Waals surface area (Å²) in [5, 5.41) is 29.6. The first-order chi connectivity index (χ1) is 24.9. The molecule has 6 bridgehead atoms. The molecule has 5 N–H and O–H groups in total. The summed E-state index contributed by atoms with van der Waals surface area (Å²) in [6.45, 7) is 5.25. The van der Waals surface area contributed by atoms with Crippen molar-refractivity contribution in [3.05, 3.63) is 77.6 Å². The Morgan fingerprint density at radius 1 is 1.04 bits per heavy atom. The lowest BCUT2D eigenvalue weighted by Crippen LogP contribution is -2.59. The number of likely N-dealkylation sites (N-methyl/N-ethyl adjacent to an activating group) is 1. The highest BCUT2D eigenvalue weighted by atomic mass is 16.5. The van der Waals surface area contributed by atoms with Gasteiger partial charge in [0.2, 0.25) is 23.6 Å². The molecule has 0 unspecified atom stereocenters. The second kappa shape index (κ2) is 17.2. The Labute approximate surface area is 301 Å². The predicted molar refractivity (Wildman–Crippen MR) is 187 cm³/mol. The molecule has 2 aromatic carbocycles. The molecular formula is C36H46N8O8. The number of benzene rings is 2. The molecule has 0 radical (unpaired) electrons. The van der Waals surface area contributed by atoms with Crippen molar-refractivity contribution in [1.82, 2.24) is 41.2 Å². The monoisotopic (exact) mass is 718 g/mol. The summed E-state index contributed by atoms with van der Waals surface area (Å²) in [6, 6.07) is 10.3. The van der Waals surface area contributed by atoms with Crippen LogP contribution in [0.2, 0.25) is 0 Å². The normalized spacial score (nSPS) is 21.9. The summed E-state index contributed by atoms with van der Waals surface area (Å²) in [5.74, 6) is -3.35. The zero-order valence-electron chi connectivity index (χ0n) is 29.7. The zero-order chi connectivity index (χ0) is 37.4. The number of rotatable bonds is 10. The highest BCUT2D eigenvalue weighted by molar-refractivity contribution is 5.96. The van der Waals surface area contributed by atoms with E-state index in [1.165, 1.54) is 4.90 Å². The number of amides is 4. The van der Waals surface area contributed by atoms with Crippen LogP contribution >= 0.6 is 0 Å². The Morgan fingerprint density at radius 3 is 2.44 bits per heavy atom. The van der Waals surface area contributed by atoms with Crippen LogP contribution in [0.25, 0.3) is 0 Å². The summed E-state index contributed by atoms with van der Waals surface area (Å²) in [7, 11) is 1.63. The molecule has 52 heavy (non-hydrogen) atoms. The van der Waals surface area contributed by atoms with Gasteiger partial charge in [-0.05, 0) is 43.1 Å². The van der Waals surface area contributed by atoms with E-state index in [-0.39, 0.29) is 51.0 Å². The third kappa shape index (κ3) is 9.50. The average Bonchev–Trinajstić information content (AvgIpc) is 3.80. The molecule has 0 saturated carbocycles. The maximum absolute atomic E-state index is 14.3. The fraction of sp³-hybridized carbons (Fsp3) is 0.472.